The molecule has 0 saturated heterocycles. The zero-order chi connectivity index (χ0) is 13.5. The highest BCUT2D eigenvalue weighted by atomic mass is 79.9. The Labute approximate surface area is 118 Å². The number of benzene rings is 1. The molecular formula is C14H22BrNO2. The van der Waals surface area contributed by atoms with Crippen molar-refractivity contribution in [3.05, 3.63) is 22.2 Å². The molecule has 0 fully saturated rings. The molecule has 3 nitrogen and oxygen atoms in total. The minimum Gasteiger partial charge on any atom is -0.493 e. The van der Waals surface area contributed by atoms with Crippen LogP contribution in [-0.4, -0.2) is 39.3 Å². The minimum absolute atomic E-state index is 0.642. The first-order valence-electron chi connectivity index (χ1n) is 6.22. The van der Waals surface area contributed by atoms with Crippen LogP contribution in [0.15, 0.2) is 16.6 Å². The Kier molecular flexibility index (Phi) is 6.50. The van der Waals surface area contributed by atoms with E-state index in [0.717, 1.165) is 35.4 Å². The van der Waals surface area contributed by atoms with Gasteiger partial charge in [-0.05, 0) is 58.1 Å². The van der Waals surface area contributed by atoms with Gasteiger partial charge in [0, 0.05) is 4.47 Å². The van der Waals surface area contributed by atoms with E-state index in [1.807, 2.05) is 13.0 Å². The zero-order valence-electron chi connectivity index (χ0n) is 11.6. The number of rotatable bonds is 7. The predicted molar refractivity (Wildman–Crippen MR) is 78.7 cm³/mol. The molecule has 4 heteroatoms. The Hall–Kier alpha value is -0.740. The number of halogens is 1. The molecule has 0 bridgehead atoms. The smallest absolute Gasteiger partial charge is 0.162 e. The Morgan fingerprint density at radius 1 is 1.22 bits per heavy atom. The fourth-order valence-corrected chi connectivity index (χ4v) is 2.30. The summed E-state index contributed by atoms with van der Waals surface area (Å²) in [7, 11) is 5.86. The number of nitrogens with zero attached hydrogens (tertiary/aromatic N) is 1. The Balaban J connectivity index is 2.79. The molecule has 0 saturated carbocycles. The van der Waals surface area contributed by atoms with Crippen molar-refractivity contribution in [2.24, 2.45) is 0 Å². The number of methoxy groups -OCH3 is 1. The van der Waals surface area contributed by atoms with Crippen LogP contribution in [0.1, 0.15) is 18.9 Å². The average Bonchev–Trinajstić information content (AvgIpc) is 2.32. The highest BCUT2D eigenvalue weighted by molar-refractivity contribution is 9.10. The van der Waals surface area contributed by atoms with Gasteiger partial charge in [-0.15, -0.1) is 0 Å². The maximum Gasteiger partial charge on any atom is 0.162 e. The first-order chi connectivity index (χ1) is 8.58. The molecule has 0 aliphatic heterocycles. The van der Waals surface area contributed by atoms with E-state index in [1.54, 1.807) is 7.11 Å². The Bertz CT molecular complexity index is 380. The molecule has 0 aromatic heterocycles. The van der Waals surface area contributed by atoms with Gasteiger partial charge in [0.2, 0.25) is 0 Å². The van der Waals surface area contributed by atoms with E-state index >= 15 is 0 Å². The molecule has 18 heavy (non-hydrogen) atoms. The van der Waals surface area contributed by atoms with Gasteiger partial charge in [0.05, 0.1) is 13.7 Å². The molecule has 0 heterocycles. The molecule has 0 radical (unpaired) electrons. The summed E-state index contributed by atoms with van der Waals surface area (Å²) in [5, 5.41) is 0. The van der Waals surface area contributed by atoms with Crippen LogP contribution >= 0.6 is 15.9 Å². The number of ether oxygens (including phenoxy) is 2. The largest absolute Gasteiger partial charge is 0.493 e. The molecule has 0 unspecified atom stereocenters. The van der Waals surface area contributed by atoms with E-state index in [2.05, 4.69) is 41.0 Å². The van der Waals surface area contributed by atoms with Gasteiger partial charge in [0.1, 0.15) is 0 Å². The number of hydrogen-bond donors (Lipinski definition) is 0. The zero-order valence-corrected chi connectivity index (χ0v) is 13.2. The second-order valence-corrected chi connectivity index (χ2v) is 5.29. The second-order valence-electron chi connectivity index (χ2n) is 4.43. The van der Waals surface area contributed by atoms with Crippen molar-refractivity contribution in [3.8, 4) is 11.5 Å². The molecule has 0 aliphatic rings. The topological polar surface area (TPSA) is 21.7 Å². The van der Waals surface area contributed by atoms with E-state index in [-0.39, 0.29) is 0 Å². The lowest BCUT2D eigenvalue weighted by atomic mass is 10.1. The average molecular weight is 316 g/mol. The normalized spacial score (nSPS) is 10.8. The maximum absolute atomic E-state index is 5.54. The van der Waals surface area contributed by atoms with Gasteiger partial charge in [-0.1, -0.05) is 15.9 Å². The summed E-state index contributed by atoms with van der Waals surface area (Å²) in [5.74, 6) is 1.60. The van der Waals surface area contributed by atoms with Crippen molar-refractivity contribution in [1.29, 1.82) is 0 Å². The highest BCUT2D eigenvalue weighted by Gasteiger charge is 2.09. The number of hydrogen-bond acceptors (Lipinski definition) is 3. The van der Waals surface area contributed by atoms with Gasteiger partial charge in [-0.2, -0.15) is 0 Å². The first kappa shape index (κ1) is 15.3. The van der Waals surface area contributed by atoms with Gasteiger partial charge >= 0.3 is 0 Å². The minimum atomic E-state index is 0.642. The summed E-state index contributed by atoms with van der Waals surface area (Å²) in [6.07, 6.45) is 2.16. The van der Waals surface area contributed by atoms with Crippen molar-refractivity contribution >= 4 is 15.9 Å². The summed E-state index contributed by atoms with van der Waals surface area (Å²) in [4.78, 5) is 2.19. The van der Waals surface area contributed by atoms with E-state index in [1.165, 1.54) is 5.56 Å². The van der Waals surface area contributed by atoms with Crippen molar-refractivity contribution in [2.45, 2.75) is 19.8 Å². The van der Waals surface area contributed by atoms with Gasteiger partial charge in [0.15, 0.2) is 11.5 Å². The molecule has 0 aliphatic carbocycles. The van der Waals surface area contributed by atoms with Gasteiger partial charge < -0.3 is 14.4 Å². The van der Waals surface area contributed by atoms with Gasteiger partial charge in [-0.25, -0.2) is 0 Å². The SMILES string of the molecule is CCOc1cc(Br)c(CCCN(C)C)cc1OC. The molecule has 0 N–H and O–H groups in total. The Morgan fingerprint density at radius 3 is 2.50 bits per heavy atom. The summed E-state index contributed by atoms with van der Waals surface area (Å²) in [6.45, 7) is 3.70. The molecule has 0 amide bonds. The number of aryl methyl sites for hydroxylation is 1. The van der Waals surface area contributed by atoms with Gasteiger partial charge in [-0.3, -0.25) is 0 Å². The Morgan fingerprint density at radius 2 is 1.94 bits per heavy atom. The molecule has 1 rings (SSSR count). The monoisotopic (exact) mass is 315 g/mol. The van der Waals surface area contributed by atoms with Crippen LogP contribution in [0.5, 0.6) is 11.5 Å². The molecule has 1 aromatic rings. The van der Waals surface area contributed by atoms with Crippen LogP contribution in [0.4, 0.5) is 0 Å². The fourth-order valence-electron chi connectivity index (χ4n) is 1.78. The van der Waals surface area contributed by atoms with Crippen molar-refractivity contribution < 1.29 is 9.47 Å². The highest BCUT2D eigenvalue weighted by Crippen LogP contribution is 2.34. The molecule has 102 valence electrons. The first-order valence-corrected chi connectivity index (χ1v) is 7.01. The standard InChI is InChI=1S/C14H22BrNO2/c1-5-18-14-10-12(15)11(9-13(14)17-4)7-6-8-16(2)3/h9-10H,5-8H2,1-4H3. The second kappa shape index (κ2) is 7.64. The summed E-state index contributed by atoms with van der Waals surface area (Å²) < 4.78 is 12.0. The van der Waals surface area contributed by atoms with E-state index in [9.17, 15) is 0 Å². The lowest BCUT2D eigenvalue weighted by Crippen LogP contribution is -2.13. The van der Waals surface area contributed by atoms with Crippen LogP contribution in [0.2, 0.25) is 0 Å². The lowest BCUT2D eigenvalue weighted by Gasteiger charge is -2.14. The van der Waals surface area contributed by atoms with Gasteiger partial charge in [0.25, 0.3) is 0 Å². The van der Waals surface area contributed by atoms with Crippen LogP contribution in [0.25, 0.3) is 0 Å². The van der Waals surface area contributed by atoms with Crippen LogP contribution in [0.3, 0.4) is 0 Å². The quantitative estimate of drug-likeness (QED) is 0.770. The third-order valence-corrected chi connectivity index (χ3v) is 3.42. The third kappa shape index (κ3) is 4.50. The maximum atomic E-state index is 5.54. The predicted octanol–water partition coefficient (Wildman–Crippen LogP) is 3.35. The molecular weight excluding hydrogens is 294 g/mol. The van der Waals surface area contributed by atoms with E-state index in [0.29, 0.717) is 6.61 Å². The molecule has 1 aromatic carbocycles. The van der Waals surface area contributed by atoms with Crippen molar-refractivity contribution in [1.82, 2.24) is 4.90 Å². The van der Waals surface area contributed by atoms with E-state index in [4.69, 9.17) is 9.47 Å². The van der Waals surface area contributed by atoms with E-state index < -0.39 is 0 Å². The molecule has 0 spiro atoms. The summed E-state index contributed by atoms with van der Waals surface area (Å²) in [6, 6.07) is 4.05. The van der Waals surface area contributed by atoms with Crippen LogP contribution in [-0.2, 0) is 6.42 Å². The van der Waals surface area contributed by atoms with Crippen LogP contribution < -0.4 is 9.47 Å². The van der Waals surface area contributed by atoms with Crippen molar-refractivity contribution in [2.75, 3.05) is 34.4 Å². The molecule has 0 atom stereocenters. The third-order valence-electron chi connectivity index (χ3n) is 2.68. The van der Waals surface area contributed by atoms with Crippen LogP contribution in [0, 0.1) is 0 Å². The summed E-state index contributed by atoms with van der Waals surface area (Å²) >= 11 is 3.60. The van der Waals surface area contributed by atoms with Crippen molar-refractivity contribution in [3.63, 3.8) is 0 Å². The summed E-state index contributed by atoms with van der Waals surface area (Å²) in [5.41, 5.74) is 1.26. The lowest BCUT2D eigenvalue weighted by molar-refractivity contribution is 0.310. The fraction of sp³-hybridized carbons (Fsp3) is 0.571.